The van der Waals surface area contributed by atoms with Crippen molar-refractivity contribution < 1.29 is 9.53 Å². The molecule has 0 aromatic carbocycles. The molecule has 1 N–H and O–H groups in total. The van der Waals surface area contributed by atoms with Crippen LogP contribution in [0.15, 0.2) is 5.10 Å². The van der Waals surface area contributed by atoms with Gasteiger partial charge < -0.3 is 4.74 Å². The van der Waals surface area contributed by atoms with Crippen LogP contribution in [0.25, 0.3) is 0 Å². The first-order chi connectivity index (χ1) is 7.24. The normalized spacial score (nSPS) is 9.53. The fourth-order valence-corrected chi connectivity index (χ4v) is 1.17. The number of amides is 1. The Kier molecular flexibility index (Phi) is 8.82. The molecule has 0 radical (unpaired) electrons. The highest BCUT2D eigenvalue weighted by Crippen LogP contribution is 2.04. The topological polar surface area (TPSA) is 50.7 Å². The standard InChI is InChI=1S/C11H22N2O2/c1-4-6-8-10(9-7-5-2)12-13-11(14)15-3/h4-9H2,1-3H3,(H,13,14). The third-order valence-corrected chi connectivity index (χ3v) is 2.13. The number of ether oxygens (including phenoxy) is 1. The van der Waals surface area contributed by atoms with Crippen LogP contribution in [0.4, 0.5) is 4.79 Å². The number of carbonyl (C=O) groups is 1. The van der Waals surface area contributed by atoms with Crippen molar-refractivity contribution in [1.29, 1.82) is 0 Å². The van der Waals surface area contributed by atoms with Crippen molar-refractivity contribution in [3.05, 3.63) is 0 Å². The van der Waals surface area contributed by atoms with Gasteiger partial charge in [0.2, 0.25) is 0 Å². The minimum absolute atomic E-state index is 0.500. The molecule has 0 saturated carbocycles. The van der Waals surface area contributed by atoms with E-state index in [1.54, 1.807) is 0 Å². The van der Waals surface area contributed by atoms with E-state index in [4.69, 9.17) is 0 Å². The SMILES string of the molecule is CCCCC(CCCC)=NNC(=O)OC. The minimum Gasteiger partial charge on any atom is -0.452 e. The molecule has 0 bridgehead atoms. The molecule has 0 aliphatic carbocycles. The van der Waals surface area contributed by atoms with Gasteiger partial charge in [-0.25, -0.2) is 10.2 Å². The monoisotopic (exact) mass is 214 g/mol. The van der Waals surface area contributed by atoms with Gasteiger partial charge in [-0.05, 0) is 25.7 Å². The summed E-state index contributed by atoms with van der Waals surface area (Å²) in [4.78, 5) is 10.8. The number of methoxy groups -OCH3 is 1. The Morgan fingerprint density at radius 1 is 1.20 bits per heavy atom. The number of hydrogen-bond acceptors (Lipinski definition) is 3. The number of nitrogens with one attached hydrogen (secondary N) is 1. The summed E-state index contributed by atoms with van der Waals surface area (Å²) in [6.07, 6.45) is 5.94. The molecule has 4 heteroatoms. The second-order valence-electron chi connectivity index (χ2n) is 3.49. The van der Waals surface area contributed by atoms with Crippen LogP contribution in [0.5, 0.6) is 0 Å². The van der Waals surface area contributed by atoms with Crippen LogP contribution in [0, 0.1) is 0 Å². The van der Waals surface area contributed by atoms with Crippen molar-refractivity contribution in [2.45, 2.75) is 52.4 Å². The van der Waals surface area contributed by atoms with Crippen molar-refractivity contribution in [2.75, 3.05) is 7.11 Å². The van der Waals surface area contributed by atoms with Crippen molar-refractivity contribution in [1.82, 2.24) is 5.43 Å². The first-order valence-corrected chi connectivity index (χ1v) is 5.64. The van der Waals surface area contributed by atoms with Crippen molar-refractivity contribution in [3.63, 3.8) is 0 Å². The van der Waals surface area contributed by atoms with Gasteiger partial charge in [-0.1, -0.05) is 26.7 Å². The summed E-state index contributed by atoms with van der Waals surface area (Å²) in [6.45, 7) is 4.29. The van der Waals surface area contributed by atoms with Gasteiger partial charge in [0.05, 0.1) is 7.11 Å². The van der Waals surface area contributed by atoms with Gasteiger partial charge in [-0.15, -0.1) is 0 Å². The second-order valence-corrected chi connectivity index (χ2v) is 3.49. The fourth-order valence-electron chi connectivity index (χ4n) is 1.17. The van der Waals surface area contributed by atoms with Gasteiger partial charge in [-0.3, -0.25) is 0 Å². The Hall–Kier alpha value is -1.06. The Morgan fingerprint density at radius 3 is 2.13 bits per heavy atom. The van der Waals surface area contributed by atoms with E-state index in [-0.39, 0.29) is 0 Å². The Labute approximate surface area is 92.1 Å². The molecule has 0 aromatic heterocycles. The molecule has 4 nitrogen and oxygen atoms in total. The summed E-state index contributed by atoms with van der Waals surface area (Å²) in [5.41, 5.74) is 3.44. The summed E-state index contributed by atoms with van der Waals surface area (Å²) in [7, 11) is 1.34. The van der Waals surface area contributed by atoms with Gasteiger partial charge in [0.1, 0.15) is 0 Å². The first-order valence-electron chi connectivity index (χ1n) is 5.64. The van der Waals surface area contributed by atoms with E-state index in [9.17, 15) is 4.79 Å². The van der Waals surface area contributed by atoms with Crippen LogP contribution < -0.4 is 5.43 Å². The number of hydrogen-bond donors (Lipinski definition) is 1. The lowest BCUT2D eigenvalue weighted by molar-refractivity contribution is 0.171. The molecule has 0 aliphatic rings. The lowest BCUT2D eigenvalue weighted by atomic mass is 10.1. The lowest BCUT2D eigenvalue weighted by Crippen LogP contribution is -2.19. The van der Waals surface area contributed by atoms with Gasteiger partial charge in [0.15, 0.2) is 0 Å². The molecule has 0 aliphatic heterocycles. The van der Waals surface area contributed by atoms with E-state index < -0.39 is 6.09 Å². The molecule has 0 aromatic rings. The number of rotatable bonds is 7. The van der Waals surface area contributed by atoms with Crippen LogP contribution >= 0.6 is 0 Å². The van der Waals surface area contributed by atoms with E-state index >= 15 is 0 Å². The zero-order valence-corrected chi connectivity index (χ0v) is 10.0. The molecular formula is C11H22N2O2. The molecule has 0 saturated heterocycles. The number of carbonyl (C=O) groups excluding carboxylic acids is 1. The smallest absolute Gasteiger partial charge is 0.427 e. The summed E-state index contributed by atoms with van der Waals surface area (Å²) < 4.78 is 4.45. The highest BCUT2D eigenvalue weighted by Gasteiger charge is 2.01. The number of nitrogens with zero attached hydrogens (tertiary/aromatic N) is 1. The van der Waals surface area contributed by atoms with Crippen LogP contribution in [-0.4, -0.2) is 18.9 Å². The van der Waals surface area contributed by atoms with Crippen LogP contribution in [0.2, 0.25) is 0 Å². The fraction of sp³-hybridized carbons (Fsp3) is 0.818. The van der Waals surface area contributed by atoms with Crippen molar-refractivity contribution >= 4 is 11.8 Å². The van der Waals surface area contributed by atoms with E-state index in [0.29, 0.717) is 0 Å². The zero-order chi connectivity index (χ0) is 11.5. The molecule has 0 unspecified atom stereocenters. The largest absolute Gasteiger partial charge is 0.452 e. The highest BCUT2D eigenvalue weighted by molar-refractivity contribution is 5.85. The maximum absolute atomic E-state index is 10.8. The molecule has 15 heavy (non-hydrogen) atoms. The maximum Gasteiger partial charge on any atom is 0.427 e. The summed E-state index contributed by atoms with van der Waals surface area (Å²) >= 11 is 0. The summed E-state index contributed by atoms with van der Waals surface area (Å²) in [5, 5.41) is 4.06. The van der Waals surface area contributed by atoms with Crippen LogP contribution in [0.1, 0.15) is 52.4 Å². The number of hydrazone groups is 1. The quantitative estimate of drug-likeness (QED) is 0.523. The predicted molar refractivity (Wildman–Crippen MR) is 62.0 cm³/mol. The average Bonchev–Trinajstić information content (AvgIpc) is 2.27. The molecule has 0 rings (SSSR count). The average molecular weight is 214 g/mol. The van der Waals surface area contributed by atoms with Gasteiger partial charge in [-0.2, -0.15) is 5.10 Å². The first kappa shape index (κ1) is 13.9. The van der Waals surface area contributed by atoms with E-state index in [0.717, 1.165) is 44.2 Å². The van der Waals surface area contributed by atoms with Crippen molar-refractivity contribution in [3.8, 4) is 0 Å². The lowest BCUT2D eigenvalue weighted by Gasteiger charge is -2.05. The molecule has 88 valence electrons. The predicted octanol–water partition coefficient (Wildman–Crippen LogP) is 3.08. The van der Waals surface area contributed by atoms with E-state index in [1.165, 1.54) is 7.11 Å². The Balaban J connectivity index is 4.01. The second kappa shape index (κ2) is 9.49. The summed E-state index contributed by atoms with van der Waals surface area (Å²) in [6, 6.07) is 0. The maximum atomic E-state index is 10.8. The third-order valence-electron chi connectivity index (χ3n) is 2.13. The van der Waals surface area contributed by atoms with E-state index in [1.807, 2.05) is 0 Å². The molecule has 0 heterocycles. The van der Waals surface area contributed by atoms with Crippen LogP contribution in [0.3, 0.4) is 0 Å². The number of unbranched alkanes of at least 4 members (excludes halogenated alkanes) is 2. The minimum atomic E-state index is -0.500. The van der Waals surface area contributed by atoms with Gasteiger partial charge in [0, 0.05) is 5.71 Å². The Bertz CT molecular complexity index is 193. The van der Waals surface area contributed by atoms with E-state index in [2.05, 4.69) is 29.1 Å². The van der Waals surface area contributed by atoms with Crippen LogP contribution in [-0.2, 0) is 4.74 Å². The van der Waals surface area contributed by atoms with Gasteiger partial charge >= 0.3 is 6.09 Å². The molecule has 0 atom stereocenters. The Morgan fingerprint density at radius 2 is 1.73 bits per heavy atom. The van der Waals surface area contributed by atoms with Gasteiger partial charge in [0.25, 0.3) is 0 Å². The molecular weight excluding hydrogens is 192 g/mol. The highest BCUT2D eigenvalue weighted by atomic mass is 16.5. The zero-order valence-electron chi connectivity index (χ0n) is 10.0. The molecule has 1 amide bonds. The molecule has 0 fully saturated rings. The summed E-state index contributed by atoms with van der Waals surface area (Å²) in [5.74, 6) is 0. The third kappa shape index (κ3) is 7.97. The molecule has 0 spiro atoms. The van der Waals surface area contributed by atoms with Crippen molar-refractivity contribution in [2.24, 2.45) is 5.10 Å².